The first-order valence-corrected chi connectivity index (χ1v) is 10.7. The van der Waals surface area contributed by atoms with E-state index in [-0.39, 0.29) is 11.0 Å². The van der Waals surface area contributed by atoms with Crippen LogP contribution in [0.2, 0.25) is 0 Å². The summed E-state index contributed by atoms with van der Waals surface area (Å²) in [5.74, 6) is 0.850. The van der Waals surface area contributed by atoms with Gasteiger partial charge in [0, 0.05) is 37.3 Å². The maximum Gasteiger partial charge on any atom is 0.250 e. The fourth-order valence-electron chi connectivity index (χ4n) is 3.16. The third-order valence-electron chi connectivity index (χ3n) is 5.14. The van der Waals surface area contributed by atoms with Gasteiger partial charge in [0.15, 0.2) is 5.96 Å². The van der Waals surface area contributed by atoms with E-state index in [9.17, 15) is 4.79 Å². The highest BCUT2D eigenvalue weighted by molar-refractivity contribution is 5.79. The lowest BCUT2D eigenvalue weighted by Gasteiger charge is -2.24. The molecule has 0 aliphatic rings. The molecule has 0 spiro atoms. The number of aromatic nitrogens is 1. The number of pyridine rings is 1. The summed E-state index contributed by atoms with van der Waals surface area (Å²) < 4.78 is 1.76. The molecule has 5 heteroatoms. The molecular formula is C24H36N4O. The number of rotatable bonds is 10. The predicted octanol–water partition coefficient (Wildman–Crippen LogP) is 3.72. The van der Waals surface area contributed by atoms with Gasteiger partial charge in [0.2, 0.25) is 5.56 Å². The lowest BCUT2D eigenvalue weighted by molar-refractivity contribution is 0.536. The molecule has 1 heterocycles. The minimum absolute atomic E-state index is 0.0247. The van der Waals surface area contributed by atoms with Gasteiger partial charge in [-0.05, 0) is 43.4 Å². The molecule has 2 aromatic rings. The largest absolute Gasteiger partial charge is 0.357 e. The summed E-state index contributed by atoms with van der Waals surface area (Å²) in [6, 6.07) is 14.1. The number of hydrogen-bond donors (Lipinski definition) is 2. The molecule has 0 saturated heterocycles. The highest BCUT2D eigenvalue weighted by Crippen LogP contribution is 2.24. The van der Waals surface area contributed by atoms with E-state index >= 15 is 0 Å². The molecule has 0 saturated carbocycles. The summed E-state index contributed by atoms with van der Waals surface area (Å²) in [5.41, 5.74) is 2.70. The van der Waals surface area contributed by atoms with Gasteiger partial charge >= 0.3 is 0 Å². The number of unbranched alkanes of at least 4 members (excludes halogenated alkanes) is 1. The van der Waals surface area contributed by atoms with Crippen LogP contribution in [0.25, 0.3) is 0 Å². The summed E-state index contributed by atoms with van der Waals surface area (Å²) >= 11 is 0. The van der Waals surface area contributed by atoms with E-state index in [0.29, 0.717) is 6.54 Å². The minimum Gasteiger partial charge on any atom is -0.357 e. The van der Waals surface area contributed by atoms with Crippen LogP contribution in [0.15, 0.2) is 58.4 Å². The Bertz CT molecular complexity index is 821. The lowest BCUT2D eigenvalue weighted by Crippen LogP contribution is -2.39. The van der Waals surface area contributed by atoms with Crippen molar-refractivity contribution in [1.29, 1.82) is 0 Å². The zero-order valence-corrected chi connectivity index (χ0v) is 18.4. The van der Waals surface area contributed by atoms with Gasteiger partial charge in [0.1, 0.15) is 0 Å². The number of aliphatic imine (C=N–C) groups is 1. The quantitative estimate of drug-likeness (QED) is 0.366. The Kier molecular flexibility index (Phi) is 8.97. The van der Waals surface area contributed by atoms with Crippen molar-refractivity contribution in [1.82, 2.24) is 15.2 Å². The Hall–Kier alpha value is -2.56. The second-order valence-electron chi connectivity index (χ2n) is 8.00. The van der Waals surface area contributed by atoms with Gasteiger partial charge in [0.25, 0.3) is 0 Å². The highest BCUT2D eigenvalue weighted by atomic mass is 16.1. The Balaban J connectivity index is 1.84. The molecule has 5 nitrogen and oxygen atoms in total. The third-order valence-corrected chi connectivity index (χ3v) is 5.14. The fraction of sp³-hybridized carbons (Fsp3) is 0.500. The monoisotopic (exact) mass is 396 g/mol. The van der Waals surface area contributed by atoms with Crippen LogP contribution in [0.5, 0.6) is 0 Å². The first kappa shape index (κ1) is 22.7. The van der Waals surface area contributed by atoms with Gasteiger partial charge in [0.05, 0.1) is 6.54 Å². The van der Waals surface area contributed by atoms with Crippen molar-refractivity contribution in [2.45, 2.75) is 58.9 Å². The van der Waals surface area contributed by atoms with E-state index in [1.807, 2.05) is 12.3 Å². The fourth-order valence-corrected chi connectivity index (χ4v) is 3.16. The number of benzene rings is 1. The van der Waals surface area contributed by atoms with Crippen LogP contribution in [-0.4, -0.2) is 30.2 Å². The Morgan fingerprint density at radius 2 is 1.79 bits per heavy atom. The third kappa shape index (κ3) is 7.41. The number of hydrogen-bond acceptors (Lipinski definition) is 2. The van der Waals surface area contributed by atoms with Crippen LogP contribution in [0.4, 0.5) is 0 Å². The summed E-state index contributed by atoms with van der Waals surface area (Å²) in [6.07, 6.45) is 4.84. The second kappa shape index (κ2) is 11.4. The van der Waals surface area contributed by atoms with Crippen molar-refractivity contribution >= 4 is 5.96 Å². The van der Waals surface area contributed by atoms with Crippen molar-refractivity contribution < 1.29 is 0 Å². The van der Waals surface area contributed by atoms with Gasteiger partial charge in [-0.2, -0.15) is 0 Å². The molecule has 0 unspecified atom stereocenters. The van der Waals surface area contributed by atoms with E-state index in [1.165, 1.54) is 11.1 Å². The number of nitrogens with one attached hydrogen (secondary N) is 2. The average molecular weight is 397 g/mol. The van der Waals surface area contributed by atoms with Gasteiger partial charge in [-0.15, -0.1) is 0 Å². The molecular weight excluding hydrogens is 360 g/mol. The molecule has 29 heavy (non-hydrogen) atoms. The summed E-state index contributed by atoms with van der Waals surface area (Å²) in [4.78, 5) is 16.5. The SMILES string of the molecule is CCNC(=NCC(C)(C)c1ccc(CC)cc1)NCCCCn1ccccc1=O. The molecule has 0 aliphatic carbocycles. The van der Waals surface area contributed by atoms with Gasteiger partial charge in [-0.3, -0.25) is 9.79 Å². The van der Waals surface area contributed by atoms with E-state index in [0.717, 1.165) is 44.9 Å². The molecule has 1 aromatic heterocycles. The standard InChI is InChI=1S/C24H36N4O/c1-5-20-12-14-21(15-13-20)24(3,4)19-27-23(25-6-2)26-16-8-10-18-28-17-9-7-11-22(28)29/h7,9,11-15,17H,5-6,8,10,16,18-19H2,1-4H3,(H2,25,26,27). The van der Waals surface area contributed by atoms with Gasteiger partial charge in [-0.25, -0.2) is 0 Å². The van der Waals surface area contributed by atoms with Crippen LogP contribution in [0.3, 0.4) is 0 Å². The summed E-state index contributed by atoms with van der Waals surface area (Å²) in [7, 11) is 0. The number of guanidine groups is 1. The minimum atomic E-state index is -0.0247. The topological polar surface area (TPSA) is 58.4 Å². The van der Waals surface area contributed by atoms with E-state index in [1.54, 1.807) is 16.7 Å². The van der Waals surface area contributed by atoms with Crippen molar-refractivity contribution in [3.05, 3.63) is 70.1 Å². The number of aryl methyl sites for hydroxylation is 2. The average Bonchev–Trinajstić information content (AvgIpc) is 2.73. The molecule has 0 atom stereocenters. The van der Waals surface area contributed by atoms with Crippen molar-refractivity contribution in [2.24, 2.45) is 4.99 Å². The zero-order valence-electron chi connectivity index (χ0n) is 18.4. The van der Waals surface area contributed by atoms with Gasteiger partial charge in [-0.1, -0.05) is 51.1 Å². The lowest BCUT2D eigenvalue weighted by atomic mass is 9.84. The molecule has 158 valence electrons. The smallest absolute Gasteiger partial charge is 0.250 e. The number of nitrogens with zero attached hydrogens (tertiary/aromatic N) is 2. The Morgan fingerprint density at radius 3 is 2.45 bits per heavy atom. The van der Waals surface area contributed by atoms with Crippen LogP contribution in [0, 0.1) is 0 Å². The van der Waals surface area contributed by atoms with Crippen LogP contribution in [0.1, 0.15) is 51.7 Å². The van der Waals surface area contributed by atoms with Gasteiger partial charge < -0.3 is 15.2 Å². The first-order valence-electron chi connectivity index (χ1n) is 10.7. The molecule has 0 aliphatic heterocycles. The Morgan fingerprint density at radius 1 is 1.03 bits per heavy atom. The molecule has 2 N–H and O–H groups in total. The van der Waals surface area contributed by atoms with Crippen molar-refractivity contribution in [3.8, 4) is 0 Å². The normalized spacial score (nSPS) is 12.1. The molecule has 0 amide bonds. The van der Waals surface area contributed by atoms with Crippen LogP contribution >= 0.6 is 0 Å². The summed E-state index contributed by atoms with van der Waals surface area (Å²) in [6.45, 7) is 11.8. The maximum absolute atomic E-state index is 11.7. The zero-order chi connectivity index (χ0) is 21.1. The Labute approximate surface area is 175 Å². The molecule has 1 aromatic carbocycles. The summed E-state index contributed by atoms with van der Waals surface area (Å²) in [5, 5.41) is 6.74. The van der Waals surface area contributed by atoms with Crippen LogP contribution in [-0.2, 0) is 18.4 Å². The molecule has 2 rings (SSSR count). The van der Waals surface area contributed by atoms with E-state index < -0.39 is 0 Å². The molecule has 0 fully saturated rings. The van der Waals surface area contributed by atoms with Crippen molar-refractivity contribution in [2.75, 3.05) is 19.6 Å². The molecule has 0 bridgehead atoms. The molecule has 0 radical (unpaired) electrons. The highest BCUT2D eigenvalue weighted by Gasteiger charge is 2.20. The van der Waals surface area contributed by atoms with E-state index in [2.05, 4.69) is 62.6 Å². The van der Waals surface area contributed by atoms with Crippen molar-refractivity contribution in [3.63, 3.8) is 0 Å². The first-order chi connectivity index (χ1) is 14.0. The van der Waals surface area contributed by atoms with Crippen LogP contribution < -0.4 is 16.2 Å². The maximum atomic E-state index is 11.7. The predicted molar refractivity (Wildman–Crippen MR) is 123 cm³/mol. The second-order valence-corrected chi connectivity index (χ2v) is 8.00. The van der Waals surface area contributed by atoms with E-state index in [4.69, 9.17) is 4.99 Å².